The molecule has 5 N–H and O–H groups in total. The molecule has 1 saturated heterocycles. The Bertz CT molecular complexity index is 869. The van der Waals surface area contributed by atoms with Crippen LogP contribution in [0, 0.1) is 0 Å². The number of aromatic nitrogens is 4. The molecular weight excluding hydrogens is 334 g/mol. The summed E-state index contributed by atoms with van der Waals surface area (Å²) in [6, 6.07) is 0. The molecule has 11 nitrogen and oxygen atoms in total. The molecule has 25 heavy (non-hydrogen) atoms. The molecule has 0 amide bonds. The molecule has 11 heteroatoms. The van der Waals surface area contributed by atoms with E-state index >= 15 is 0 Å². The van der Waals surface area contributed by atoms with Gasteiger partial charge in [-0.3, -0.25) is 14.2 Å². The highest BCUT2D eigenvalue weighted by atomic mass is 16.6. The van der Waals surface area contributed by atoms with Gasteiger partial charge in [0.1, 0.15) is 17.9 Å². The van der Waals surface area contributed by atoms with E-state index in [0.717, 1.165) is 20.2 Å². The molecule has 2 aromatic rings. The number of hydrogen-bond acceptors (Lipinski definition) is 10. The van der Waals surface area contributed by atoms with E-state index in [9.17, 15) is 24.9 Å². The van der Waals surface area contributed by atoms with Crippen molar-refractivity contribution in [2.24, 2.45) is 0 Å². The summed E-state index contributed by atoms with van der Waals surface area (Å²) in [5.74, 6) is -1.78. The third-order valence-corrected chi connectivity index (χ3v) is 4.58. The number of Topliss-reactive ketones (excluding diaryl/α,β-unsaturated/α-hetero) is 2. The first-order chi connectivity index (χ1) is 11.7. The second-order valence-electron chi connectivity index (χ2n) is 5.89. The van der Waals surface area contributed by atoms with Crippen molar-refractivity contribution in [3.8, 4) is 0 Å². The summed E-state index contributed by atoms with van der Waals surface area (Å²) >= 11 is 0. The van der Waals surface area contributed by atoms with E-state index in [1.165, 1.54) is 10.9 Å². The van der Waals surface area contributed by atoms with Crippen molar-refractivity contribution in [2.45, 2.75) is 37.4 Å². The molecule has 0 aliphatic carbocycles. The molecule has 4 atom stereocenters. The number of nitrogens with zero attached hydrogens (tertiary/aromatic N) is 4. The van der Waals surface area contributed by atoms with E-state index in [0.29, 0.717) is 0 Å². The van der Waals surface area contributed by atoms with E-state index in [1.807, 2.05) is 0 Å². The maximum Gasteiger partial charge on any atom is 0.206 e. The molecule has 1 aliphatic heterocycles. The normalized spacial score (nSPS) is 32.2. The van der Waals surface area contributed by atoms with Crippen LogP contribution in [0.25, 0.3) is 11.2 Å². The third-order valence-electron chi connectivity index (χ3n) is 4.58. The van der Waals surface area contributed by atoms with Gasteiger partial charge in [0.15, 0.2) is 34.9 Å². The topological polar surface area (TPSA) is 174 Å². The van der Waals surface area contributed by atoms with Crippen molar-refractivity contribution in [1.29, 1.82) is 0 Å². The molecule has 0 bridgehead atoms. The Morgan fingerprint density at radius 3 is 2.44 bits per heavy atom. The Morgan fingerprint density at radius 1 is 1.24 bits per heavy atom. The van der Waals surface area contributed by atoms with Crippen molar-refractivity contribution >= 4 is 28.5 Å². The largest absolute Gasteiger partial charge is 0.394 e. The van der Waals surface area contributed by atoms with E-state index in [2.05, 4.69) is 15.0 Å². The molecule has 0 spiro atoms. The Labute approximate surface area is 141 Å². The summed E-state index contributed by atoms with van der Waals surface area (Å²) in [6.45, 7) is 1.20. The average molecular weight is 351 g/mol. The minimum Gasteiger partial charge on any atom is -0.394 e. The lowest BCUT2D eigenvalue weighted by atomic mass is 9.75. The number of carbonyl (C=O) groups excluding carboxylic acids is 2. The molecule has 0 radical (unpaired) electrons. The summed E-state index contributed by atoms with van der Waals surface area (Å²) < 4.78 is 6.65. The highest BCUT2D eigenvalue weighted by Gasteiger charge is 2.71. The summed E-state index contributed by atoms with van der Waals surface area (Å²) in [5, 5.41) is 31.4. The number of ether oxygens (including phenoxy) is 1. The number of nitrogens with two attached hydrogens (primary N) is 1. The highest BCUT2D eigenvalue weighted by Crippen LogP contribution is 2.47. The van der Waals surface area contributed by atoms with Gasteiger partial charge in [0.25, 0.3) is 0 Å². The van der Waals surface area contributed by atoms with Gasteiger partial charge >= 0.3 is 0 Å². The number of aliphatic hydroxyl groups is 3. The number of fused-ring (bicyclic) bond motifs is 1. The fourth-order valence-corrected chi connectivity index (χ4v) is 3.21. The van der Waals surface area contributed by atoms with Crippen LogP contribution in [0.1, 0.15) is 20.1 Å². The zero-order chi connectivity index (χ0) is 18.6. The zero-order valence-corrected chi connectivity index (χ0v) is 13.4. The summed E-state index contributed by atoms with van der Waals surface area (Å²) in [5.41, 5.74) is 0.715. The van der Waals surface area contributed by atoms with Crippen LogP contribution in [-0.2, 0) is 14.3 Å². The Kier molecular flexibility index (Phi) is 3.84. The van der Waals surface area contributed by atoms with E-state index < -0.39 is 41.7 Å². The molecule has 134 valence electrons. The van der Waals surface area contributed by atoms with Crippen molar-refractivity contribution in [3.05, 3.63) is 12.7 Å². The number of anilines is 1. The van der Waals surface area contributed by atoms with Gasteiger partial charge in [-0.1, -0.05) is 0 Å². The van der Waals surface area contributed by atoms with Crippen LogP contribution in [0.5, 0.6) is 0 Å². The number of aliphatic hydroxyl groups excluding tert-OH is 1. The number of hydrogen-bond donors (Lipinski definition) is 4. The minimum absolute atomic E-state index is 0.0636. The smallest absolute Gasteiger partial charge is 0.206 e. The van der Waals surface area contributed by atoms with Gasteiger partial charge in [-0.05, 0) is 13.8 Å². The van der Waals surface area contributed by atoms with Crippen molar-refractivity contribution < 1.29 is 29.6 Å². The number of nitrogen functional groups attached to an aromatic ring is 1. The maximum atomic E-state index is 12.2. The van der Waals surface area contributed by atoms with Crippen molar-refractivity contribution in [1.82, 2.24) is 19.5 Å². The lowest BCUT2D eigenvalue weighted by molar-refractivity contribution is -0.181. The lowest BCUT2D eigenvalue weighted by Gasteiger charge is -2.36. The fourth-order valence-electron chi connectivity index (χ4n) is 3.21. The quantitative estimate of drug-likeness (QED) is 0.479. The maximum absolute atomic E-state index is 12.2. The Balaban J connectivity index is 2.26. The van der Waals surface area contributed by atoms with Crippen LogP contribution in [0.3, 0.4) is 0 Å². The van der Waals surface area contributed by atoms with E-state index in [-0.39, 0.29) is 17.0 Å². The van der Waals surface area contributed by atoms with Crippen LogP contribution in [-0.4, -0.2) is 70.3 Å². The van der Waals surface area contributed by atoms with Crippen molar-refractivity contribution in [2.75, 3.05) is 12.3 Å². The summed E-state index contributed by atoms with van der Waals surface area (Å²) in [7, 11) is 0. The van der Waals surface area contributed by atoms with Crippen LogP contribution < -0.4 is 5.73 Å². The molecule has 0 aromatic carbocycles. The number of ketones is 2. The molecule has 0 unspecified atom stereocenters. The van der Waals surface area contributed by atoms with Gasteiger partial charge in [0.2, 0.25) is 5.60 Å². The first-order valence-corrected chi connectivity index (χ1v) is 7.35. The van der Waals surface area contributed by atoms with Gasteiger partial charge in [0, 0.05) is 0 Å². The zero-order valence-electron chi connectivity index (χ0n) is 13.4. The SMILES string of the molecule is CC(=O)[C@@]1(O)[C@@H](CO)O[C@@H](n2cnc3c(N)ncnc32)[C@@]1(O)C(C)=O. The average Bonchev–Trinajstić information content (AvgIpc) is 3.08. The monoisotopic (exact) mass is 351 g/mol. The second kappa shape index (κ2) is 5.52. The number of rotatable bonds is 4. The molecular formula is C14H17N5O6. The predicted octanol–water partition coefficient (Wildman–Crippen LogP) is -2.06. The van der Waals surface area contributed by atoms with E-state index in [4.69, 9.17) is 10.5 Å². The van der Waals surface area contributed by atoms with E-state index in [1.54, 1.807) is 0 Å². The van der Waals surface area contributed by atoms with Gasteiger partial charge in [-0.15, -0.1) is 0 Å². The van der Waals surface area contributed by atoms with Gasteiger partial charge < -0.3 is 25.8 Å². The molecule has 3 rings (SSSR count). The molecule has 1 fully saturated rings. The first kappa shape index (κ1) is 17.4. The van der Waals surface area contributed by atoms with Crippen LogP contribution in [0.4, 0.5) is 5.82 Å². The highest BCUT2D eigenvalue weighted by molar-refractivity contribution is 5.99. The minimum atomic E-state index is -2.67. The van der Waals surface area contributed by atoms with Crippen LogP contribution in [0.2, 0.25) is 0 Å². The lowest BCUT2D eigenvalue weighted by Crippen LogP contribution is -2.66. The van der Waals surface area contributed by atoms with Crippen LogP contribution >= 0.6 is 0 Å². The molecule has 0 saturated carbocycles. The third kappa shape index (κ3) is 2.03. The Morgan fingerprint density at radius 2 is 1.88 bits per heavy atom. The predicted molar refractivity (Wildman–Crippen MR) is 82.0 cm³/mol. The molecule has 2 aromatic heterocycles. The van der Waals surface area contributed by atoms with Gasteiger partial charge in [-0.2, -0.15) is 0 Å². The standard InChI is InChI=1S/C14H17N5O6/c1-6(21)13(23)8(3-20)25-12(14(13,24)7(2)22)19-5-18-9-10(15)16-4-17-11(9)19/h4-5,8,12,20,23-24H,3H2,1-2H3,(H2,15,16,17)/t8-,12-,13-,14+/m1/s1. The molecule has 1 aliphatic rings. The molecule has 3 heterocycles. The number of imidazole rings is 1. The second-order valence-corrected chi connectivity index (χ2v) is 5.89. The first-order valence-electron chi connectivity index (χ1n) is 7.35. The Hall–Kier alpha value is -2.47. The van der Waals surface area contributed by atoms with Gasteiger partial charge in [0.05, 0.1) is 12.9 Å². The number of carbonyl (C=O) groups is 2. The summed E-state index contributed by atoms with van der Waals surface area (Å²) in [4.78, 5) is 36.1. The fraction of sp³-hybridized carbons (Fsp3) is 0.500. The van der Waals surface area contributed by atoms with Gasteiger partial charge in [-0.25, -0.2) is 15.0 Å². The van der Waals surface area contributed by atoms with Crippen LogP contribution in [0.15, 0.2) is 12.7 Å². The summed E-state index contributed by atoms with van der Waals surface area (Å²) in [6.07, 6.45) is -0.747. The van der Waals surface area contributed by atoms with Crippen molar-refractivity contribution in [3.63, 3.8) is 0 Å².